The van der Waals surface area contributed by atoms with Crippen LogP contribution in [0.5, 0.6) is 11.6 Å². The SMILES string of the molecule is O=Cc1nc(OC(F)(F)F)c(I)cc1O. The number of aromatic hydroxyl groups is 1. The van der Waals surface area contributed by atoms with Gasteiger partial charge >= 0.3 is 6.36 Å². The zero-order chi connectivity index (χ0) is 11.6. The van der Waals surface area contributed by atoms with Gasteiger partial charge in [-0.1, -0.05) is 0 Å². The maximum atomic E-state index is 11.8. The minimum atomic E-state index is -4.88. The van der Waals surface area contributed by atoms with Crippen molar-refractivity contribution in [1.29, 1.82) is 0 Å². The van der Waals surface area contributed by atoms with Gasteiger partial charge in [0.15, 0.2) is 6.29 Å². The summed E-state index contributed by atoms with van der Waals surface area (Å²) in [5.74, 6) is -1.26. The molecule has 0 bridgehead atoms. The maximum Gasteiger partial charge on any atom is 0.574 e. The number of hydrogen-bond donors (Lipinski definition) is 1. The van der Waals surface area contributed by atoms with Gasteiger partial charge in [0, 0.05) is 6.07 Å². The molecule has 4 nitrogen and oxygen atoms in total. The minimum Gasteiger partial charge on any atom is -0.506 e. The molecule has 82 valence electrons. The van der Waals surface area contributed by atoms with Crippen molar-refractivity contribution in [3.05, 3.63) is 15.3 Å². The van der Waals surface area contributed by atoms with Gasteiger partial charge in [0.1, 0.15) is 11.4 Å². The summed E-state index contributed by atoms with van der Waals surface area (Å²) in [6.45, 7) is 0. The molecule has 1 aromatic heterocycles. The summed E-state index contributed by atoms with van der Waals surface area (Å²) >= 11 is 1.50. The summed E-state index contributed by atoms with van der Waals surface area (Å²) in [7, 11) is 0. The average Bonchev–Trinajstić information content (AvgIpc) is 2.07. The lowest BCUT2D eigenvalue weighted by Crippen LogP contribution is -2.19. The molecular formula is C7H3F3INO3. The molecule has 0 saturated carbocycles. The van der Waals surface area contributed by atoms with E-state index in [1.165, 1.54) is 22.6 Å². The van der Waals surface area contributed by atoms with Crippen molar-refractivity contribution in [3.63, 3.8) is 0 Å². The van der Waals surface area contributed by atoms with Gasteiger partial charge in [-0.05, 0) is 22.6 Å². The van der Waals surface area contributed by atoms with Crippen LogP contribution >= 0.6 is 22.6 Å². The standard InChI is InChI=1S/C7H3F3INO3/c8-7(9,10)15-6-3(11)1-5(14)4(2-13)12-6/h1-2,14H. The minimum absolute atomic E-state index is 0.0481. The molecule has 0 radical (unpaired) electrons. The van der Waals surface area contributed by atoms with Gasteiger partial charge in [-0.25, -0.2) is 4.98 Å². The predicted molar refractivity (Wildman–Crippen MR) is 50.7 cm³/mol. The fraction of sp³-hybridized carbons (Fsp3) is 0.143. The number of pyridine rings is 1. The Morgan fingerprint density at radius 3 is 2.60 bits per heavy atom. The summed E-state index contributed by atoms with van der Waals surface area (Å²) in [6, 6.07) is 0.957. The van der Waals surface area contributed by atoms with Gasteiger partial charge in [0.2, 0.25) is 5.88 Å². The largest absolute Gasteiger partial charge is 0.574 e. The van der Waals surface area contributed by atoms with Crippen molar-refractivity contribution in [3.8, 4) is 11.6 Å². The molecule has 0 spiro atoms. The third-order valence-electron chi connectivity index (χ3n) is 1.28. The van der Waals surface area contributed by atoms with Crippen molar-refractivity contribution >= 4 is 28.9 Å². The number of carbonyl (C=O) groups excluding carboxylic acids is 1. The number of nitrogens with zero attached hydrogens (tertiary/aromatic N) is 1. The van der Waals surface area contributed by atoms with E-state index in [1.807, 2.05) is 0 Å². The molecule has 15 heavy (non-hydrogen) atoms. The van der Waals surface area contributed by atoms with Gasteiger partial charge in [-0.3, -0.25) is 4.79 Å². The zero-order valence-corrected chi connectivity index (χ0v) is 9.03. The zero-order valence-electron chi connectivity index (χ0n) is 6.88. The third-order valence-corrected chi connectivity index (χ3v) is 2.05. The molecule has 0 aliphatic carbocycles. The first kappa shape index (κ1) is 12.0. The molecule has 0 atom stereocenters. The van der Waals surface area contributed by atoms with Crippen LogP contribution in [0.4, 0.5) is 13.2 Å². The lowest BCUT2D eigenvalue weighted by Gasteiger charge is -2.10. The van der Waals surface area contributed by atoms with E-state index in [9.17, 15) is 18.0 Å². The number of halogens is 4. The van der Waals surface area contributed by atoms with Gasteiger partial charge in [-0.2, -0.15) is 0 Å². The first-order chi connectivity index (χ1) is 6.83. The summed E-state index contributed by atoms with van der Waals surface area (Å²) in [5.41, 5.74) is -0.505. The van der Waals surface area contributed by atoms with E-state index in [0.717, 1.165) is 6.07 Å². The van der Waals surface area contributed by atoms with Crippen molar-refractivity contribution in [2.75, 3.05) is 0 Å². The van der Waals surface area contributed by atoms with Crippen LogP contribution in [0, 0.1) is 3.57 Å². The molecule has 1 aromatic rings. The molecule has 1 rings (SSSR count). The average molecular weight is 333 g/mol. The number of ether oxygens (including phenoxy) is 1. The van der Waals surface area contributed by atoms with Crippen LogP contribution in [0.15, 0.2) is 6.07 Å². The number of alkyl halides is 3. The van der Waals surface area contributed by atoms with Crippen LogP contribution < -0.4 is 4.74 Å². The Morgan fingerprint density at radius 2 is 2.13 bits per heavy atom. The van der Waals surface area contributed by atoms with Gasteiger partial charge in [0.05, 0.1) is 3.57 Å². The van der Waals surface area contributed by atoms with E-state index in [0.29, 0.717) is 0 Å². The van der Waals surface area contributed by atoms with Crippen LogP contribution in [0.1, 0.15) is 10.5 Å². The first-order valence-corrected chi connectivity index (χ1v) is 4.52. The highest BCUT2D eigenvalue weighted by Gasteiger charge is 2.33. The Hall–Kier alpha value is -1.06. The van der Waals surface area contributed by atoms with Crippen LogP contribution in [0.3, 0.4) is 0 Å². The number of aromatic nitrogens is 1. The Balaban J connectivity index is 3.13. The highest BCUT2D eigenvalue weighted by atomic mass is 127. The maximum absolute atomic E-state index is 11.8. The van der Waals surface area contributed by atoms with Crippen molar-refractivity contribution in [2.24, 2.45) is 0 Å². The van der Waals surface area contributed by atoms with E-state index in [4.69, 9.17) is 5.11 Å². The van der Waals surface area contributed by atoms with Crippen molar-refractivity contribution in [2.45, 2.75) is 6.36 Å². The molecular weight excluding hydrogens is 330 g/mol. The highest BCUT2D eigenvalue weighted by molar-refractivity contribution is 14.1. The van der Waals surface area contributed by atoms with Crippen LogP contribution in [-0.2, 0) is 0 Å². The number of rotatable bonds is 2. The topological polar surface area (TPSA) is 59.4 Å². The van der Waals surface area contributed by atoms with Gasteiger partial charge < -0.3 is 9.84 Å². The molecule has 0 saturated heterocycles. The second-order valence-electron chi connectivity index (χ2n) is 2.35. The van der Waals surface area contributed by atoms with Crippen LogP contribution in [0.2, 0.25) is 0 Å². The smallest absolute Gasteiger partial charge is 0.506 e. The van der Waals surface area contributed by atoms with E-state index >= 15 is 0 Å². The van der Waals surface area contributed by atoms with Crippen molar-refractivity contribution < 1.29 is 27.8 Å². The van der Waals surface area contributed by atoms with E-state index < -0.39 is 23.7 Å². The monoisotopic (exact) mass is 333 g/mol. The second kappa shape index (κ2) is 4.21. The fourth-order valence-electron chi connectivity index (χ4n) is 0.744. The lowest BCUT2D eigenvalue weighted by atomic mass is 10.3. The van der Waals surface area contributed by atoms with Crippen molar-refractivity contribution in [1.82, 2.24) is 4.98 Å². The molecule has 0 amide bonds. The van der Waals surface area contributed by atoms with Gasteiger partial charge in [-0.15, -0.1) is 13.2 Å². The van der Waals surface area contributed by atoms with E-state index in [1.54, 1.807) is 0 Å². The Labute approximate surface area is 95.2 Å². The third kappa shape index (κ3) is 3.22. The Bertz CT molecular complexity index is 394. The Kier molecular flexibility index (Phi) is 3.37. The summed E-state index contributed by atoms with van der Waals surface area (Å²) < 4.78 is 39.0. The molecule has 0 aliphatic heterocycles. The summed E-state index contributed by atoms with van der Waals surface area (Å²) in [5, 5.41) is 9.08. The number of carbonyl (C=O) groups is 1. The lowest BCUT2D eigenvalue weighted by molar-refractivity contribution is -0.276. The first-order valence-electron chi connectivity index (χ1n) is 3.44. The molecule has 1 heterocycles. The number of hydrogen-bond acceptors (Lipinski definition) is 4. The predicted octanol–water partition coefficient (Wildman–Crippen LogP) is 2.10. The quantitative estimate of drug-likeness (QED) is 0.665. The molecule has 1 N–H and O–H groups in total. The van der Waals surface area contributed by atoms with E-state index in [2.05, 4.69) is 9.72 Å². The molecule has 8 heteroatoms. The molecule has 0 fully saturated rings. The summed E-state index contributed by atoms with van der Waals surface area (Å²) in [4.78, 5) is 13.5. The second-order valence-corrected chi connectivity index (χ2v) is 3.51. The highest BCUT2D eigenvalue weighted by Crippen LogP contribution is 2.29. The van der Waals surface area contributed by atoms with Gasteiger partial charge in [0.25, 0.3) is 0 Å². The normalized spacial score (nSPS) is 11.2. The molecule has 0 aromatic carbocycles. The van der Waals surface area contributed by atoms with Crippen LogP contribution in [0.25, 0.3) is 0 Å². The number of aldehydes is 1. The van der Waals surface area contributed by atoms with E-state index in [-0.39, 0.29) is 9.86 Å². The molecule has 0 unspecified atom stereocenters. The fourth-order valence-corrected chi connectivity index (χ4v) is 1.27. The summed E-state index contributed by atoms with van der Waals surface area (Å²) in [6.07, 6.45) is -4.75. The van der Waals surface area contributed by atoms with Crippen LogP contribution in [-0.4, -0.2) is 22.7 Å². The Morgan fingerprint density at radius 1 is 1.53 bits per heavy atom. The molecule has 0 aliphatic rings.